The highest BCUT2D eigenvalue weighted by atomic mass is 32.2. The van der Waals surface area contributed by atoms with Gasteiger partial charge in [-0.25, -0.2) is 4.57 Å². The van der Waals surface area contributed by atoms with Crippen LogP contribution in [0.25, 0.3) is 11.3 Å². The maximum absolute atomic E-state index is 2.48. The molecule has 1 aliphatic rings. The summed E-state index contributed by atoms with van der Waals surface area (Å²) in [5.74, 6) is 0. The van der Waals surface area contributed by atoms with E-state index in [9.17, 15) is 0 Å². The first-order valence-corrected chi connectivity index (χ1v) is 12.2. The summed E-state index contributed by atoms with van der Waals surface area (Å²) in [4.78, 5) is 2.88. The van der Waals surface area contributed by atoms with Crippen LogP contribution >= 0.6 is 11.8 Å². The van der Waals surface area contributed by atoms with Crippen molar-refractivity contribution in [2.24, 2.45) is 7.05 Å². The van der Waals surface area contributed by atoms with E-state index in [4.69, 9.17) is 0 Å². The summed E-state index contributed by atoms with van der Waals surface area (Å²) in [5.41, 5.74) is 3.99. The predicted octanol–water partition coefficient (Wildman–Crippen LogP) is 3.77. The van der Waals surface area contributed by atoms with Gasteiger partial charge in [-0.3, -0.25) is 0 Å². The van der Waals surface area contributed by atoms with Gasteiger partial charge < -0.3 is 0 Å². The van der Waals surface area contributed by atoms with Gasteiger partial charge >= 0.3 is 0 Å². The number of rotatable bonds is 1. The van der Waals surface area contributed by atoms with Gasteiger partial charge in [0.25, 0.3) is 0 Å². The molecule has 0 N–H and O–H groups in total. The Kier molecular flexibility index (Phi) is 3.66. The quantitative estimate of drug-likeness (QED) is 0.478. The molecular weight excluding hydrogens is 326 g/mol. The molecule has 1 aliphatic heterocycles. The Morgan fingerprint density at radius 3 is 2.42 bits per heavy atom. The summed E-state index contributed by atoms with van der Waals surface area (Å²) in [5, 5.41) is 3.14. The highest BCUT2D eigenvalue weighted by molar-refractivity contribution is 8.00. The molecule has 1 aromatic heterocycles. The zero-order valence-electron chi connectivity index (χ0n) is 14.6. The molecule has 0 saturated carbocycles. The van der Waals surface area contributed by atoms with E-state index >= 15 is 0 Å². The van der Waals surface area contributed by atoms with Crippen LogP contribution < -0.4 is 14.9 Å². The topological polar surface area (TPSA) is 3.88 Å². The number of hydrogen-bond donors (Lipinski definition) is 0. The molecule has 1 nitrogen and oxygen atoms in total. The van der Waals surface area contributed by atoms with Crippen molar-refractivity contribution in [2.75, 3.05) is 0 Å². The predicted molar refractivity (Wildman–Crippen MR) is 105 cm³/mol. The highest BCUT2D eigenvalue weighted by Gasteiger charge is 2.35. The molecular formula is C21H22NSSi+. The lowest BCUT2D eigenvalue weighted by Crippen LogP contribution is -2.56. The minimum absolute atomic E-state index is 1.27. The molecule has 2 aromatic carbocycles. The Labute approximate surface area is 149 Å². The van der Waals surface area contributed by atoms with E-state index < -0.39 is 8.07 Å². The second-order valence-corrected chi connectivity index (χ2v) is 12.5. The third-order valence-electron chi connectivity index (χ3n) is 5.11. The molecule has 3 heteroatoms. The molecule has 0 amide bonds. The number of nitrogens with zero attached hydrogens (tertiary/aromatic N) is 1. The summed E-state index contributed by atoms with van der Waals surface area (Å²) >= 11 is 1.93. The van der Waals surface area contributed by atoms with Gasteiger partial charge in [0.15, 0.2) is 6.20 Å². The summed E-state index contributed by atoms with van der Waals surface area (Å²) in [6, 6.07) is 20.2. The minimum atomic E-state index is -1.63. The van der Waals surface area contributed by atoms with Crippen LogP contribution in [0.2, 0.25) is 13.1 Å². The van der Waals surface area contributed by atoms with Crippen molar-refractivity contribution in [1.29, 1.82) is 0 Å². The van der Waals surface area contributed by atoms with Crippen molar-refractivity contribution in [3.05, 3.63) is 66.4 Å². The molecule has 3 aromatic rings. The molecule has 2 heterocycles. The number of hydrogen-bond acceptors (Lipinski definition) is 1. The molecule has 0 unspecified atom stereocenters. The van der Waals surface area contributed by atoms with Crippen molar-refractivity contribution >= 4 is 30.2 Å². The molecule has 0 aliphatic carbocycles. The largest absolute Gasteiger partial charge is 0.212 e. The van der Waals surface area contributed by atoms with Crippen LogP contribution in [0.15, 0.2) is 70.6 Å². The number of benzene rings is 2. The van der Waals surface area contributed by atoms with Gasteiger partial charge in [-0.15, -0.1) is 0 Å². The molecule has 4 rings (SSSR count). The summed E-state index contributed by atoms with van der Waals surface area (Å²) in [6.07, 6.45) is 2.12. The molecule has 0 fully saturated rings. The molecule has 0 atom stereocenters. The fraction of sp³-hybridized carbons (Fsp3) is 0.190. The van der Waals surface area contributed by atoms with Crippen molar-refractivity contribution in [1.82, 2.24) is 0 Å². The van der Waals surface area contributed by atoms with Crippen LogP contribution in [0, 0.1) is 6.92 Å². The highest BCUT2D eigenvalue weighted by Crippen LogP contribution is 2.35. The molecule has 0 bridgehead atoms. The molecule has 24 heavy (non-hydrogen) atoms. The van der Waals surface area contributed by atoms with Crippen LogP contribution in [-0.4, -0.2) is 8.07 Å². The maximum Gasteiger partial charge on any atom is 0.212 e. The summed E-state index contributed by atoms with van der Waals surface area (Å²) in [6.45, 7) is 7.20. The number of pyridine rings is 1. The van der Waals surface area contributed by atoms with Crippen LogP contribution in [0.5, 0.6) is 0 Å². The molecule has 0 radical (unpaired) electrons. The van der Waals surface area contributed by atoms with Gasteiger partial charge in [-0.2, -0.15) is 0 Å². The zero-order chi connectivity index (χ0) is 16.9. The van der Waals surface area contributed by atoms with E-state index in [1.54, 1.807) is 10.4 Å². The number of fused-ring (bicyclic) bond motifs is 2. The van der Waals surface area contributed by atoms with Crippen LogP contribution in [0.3, 0.4) is 0 Å². The normalized spacial score (nSPS) is 14.8. The third-order valence-corrected chi connectivity index (χ3v) is 10.2. The first-order chi connectivity index (χ1) is 11.5. The van der Waals surface area contributed by atoms with Gasteiger partial charge in [-0.1, -0.05) is 49.1 Å². The van der Waals surface area contributed by atoms with Crippen LogP contribution in [-0.2, 0) is 7.05 Å². The Balaban J connectivity index is 1.93. The summed E-state index contributed by atoms with van der Waals surface area (Å²) < 4.78 is 2.21. The monoisotopic (exact) mass is 348 g/mol. The third kappa shape index (κ3) is 2.35. The number of aromatic nitrogens is 1. The Hall–Kier alpha value is -1.84. The fourth-order valence-corrected chi connectivity index (χ4v) is 9.19. The fourth-order valence-electron chi connectivity index (χ4n) is 3.68. The lowest BCUT2D eigenvalue weighted by molar-refractivity contribution is -0.660. The molecule has 0 saturated heterocycles. The second-order valence-electron chi connectivity index (χ2n) is 7.08. The lowest BCUT2D eigenvalue weighted by Gasteiger charge is -2.33. The molecule has 120 valence electrons. The maximum atomic E-state index is 2.48. The van der Waals surface area contributed by atoms with E-state index in [-0.39, 0.29) is 0 Å². The standard InChI is InChI=1S/C21H22NSSi/c1-15-13-21-19(14-16(15)17-9-7-8-12-22(17)2)23-18-10-5-6-11-20(18)24(21,3)4/h5-14H,1-4H3/q+1. The van der Waals surface area contributed by atoms with E-state index in [2.05, 4.69) is 92.4 Å². The van der Waals surface area contributed by atoms with Gasteiger partial charge in [0.1, 0.15) is 15.1 Å². The first kappa shape index (κ1) is 15.7. The van der Waals surface area contributed by atoms with Crippen molar-refractivity contribution < 1.29 is 4.57 Å². The zero-order valence-corrected chi connectivity index (χ0v) is 16.4. The SMILES string of the molecule is Cc1cc2c(cc1-c1cccc[n+]1C)Sc1ccccc1[Si]2(C)C. The van der Waals surface area contributed by atoms with E-state index in [0.29, 0.717) is 0 Å². The van der Waals surface area contributed by atoms with Crippen LogP contribution in [0.1, 0.15) is 5.56 Å². The van der Waals surface area contributed by atoms with Crippen molar-refractivity contribution in [2.45, 2.75) is 29.8 Å². The van der Waals surface area contributed by atoms with Gasteiger partial charge in [0.2, 0.25) is 5.69 Å². The Morgan fingerprint density at radius 2 is 1.62 bits per heavy atom. The lowest BCUT2D eigenvalue weighted by atomic mass is 10.0. The Bertz CT molecular complexity index is 946. The average Bonchev–Trinajstić information content (AvgIpc) is 2.56. The second kappa shape index (κ2) is 5.61. The van der Waals surface area contributed by atoms with E-state index in [1.807, 2.05) is 11.8 Å². The van der Waals surface area contributed by atoms with Crippen LogP contribution in [0.4, 0.5) is 0 Å². The Morgan fingerprint density at radius 1 is 0.875 bits per heavy atom. The van der Waals surface area contributed by atoms with Crippen molar-refractivity contribution in [3.8, 4) is 11.3 Å². The van der Waals surface area contributed by atoms with E-state index in [1.165, 1.54) is 26.6 Å². The van der Waals surface area contributed by atoms with Gasteiger partial charge in [0.05, 0.1) is 5.56 Å². The van der Waals surface area contributed by atoms with E-state index in [0.717, 1.165) is 0 Å². The minimum Gasteiger partial charge on any atom is -0.201 e. The van der Waals surface area contributed by atoms with Gasteiger partial charge in [-0.05, 0) is 41.1 Å². The average molecular weight is 349 g/mol. The molecule has 0 spiro atoms. The summed E-state index contributed by atoms with van der Waals surface area (Å²) in [7, 11) is 0.492. The van der Waals surface area contributed by atoms with Gasteiger partial charge in [0, 0.05) is 21.9 Å². The van der Waals surface area contributed by atoms with Crippen molar-refractivity contribution in [3.63, 3.8) is 0 Å². The smallest absolute Gasteiger partial charge is 0.201 e. The number of aryl methyl sites for hydroxylation is 2. The first-order valence-electron chi connectivity index (χ1n) is 8.36.